The maximum absolute atomic E-state index is 11.2. The highest BCUT2D eigenvalue weighted by Crippen LogP contribution is 2.32. The molecule has 0 heterocycles. The van der Waals surface area contributed by atoms with Crippen LogP contribution < -0.4 is 0 Å². The van der Waals surface area contributed by atoms with Crippen LogP contribution in [0.2, 0.25) is 0 Å². The summed E-state index contributed by atoms with van der Waals surface area (Å²) in [6, 6.07) is 0. The molecule has 11 heavy (non-hydrogen) atoms. The van der Waals surface area contributed by atoms with Gasteiger partial charge in [-0.25, -0.2) is 0 Å². The Morgan fingerprint density at radius 3 is 2.45 bits per heavy atom. The van der Waals surface area contributed by atoms with Crippen LogP contribution in [0, 0.1) is 11.8 Å². The van der Waals surface area contributed by atoms with Gasteiger partial charge in [0, 0.05) is 12.3 Å². The number of carbonyl (C=O) groups excluding carboxylic acids is 1. The van der Waals surface area contributed by atoms with E-state index in [0.717, 1.165) is 12.8 Å². The second-order valence-corrected chi connectivity index (χ2v) is 3.66. The van der Waals surface area contributed by atoms with E-state index < -0.39 is 0 Å². The average Bonchev–Trinajstić information content (AvgIpc) is 2.67. The molecule has 0 radical (unpaired) electrons. The minimum atomic E-state index is -0.349. The van der Waals surface area contributed by atoms with Gasteiger partial charge in [-0.1, -0.05) is 6.92 Å². The molecular formula is C9H16O2. The zero-order chi connectivity index (χ0) is 8.43. The molecule has 0 bridgehead atoms. The van der Waals surface area contributed by atoms with E-state index >= 15 is 0 Å². The van der Waals surface area contributed by atoms with Gasteiger partial charge in [0.05, 0.1) is 6.10 Å². The van der Waals surface area contributed by atoms with Crippen molar-refractivity contribution in [3.05, 3.63) is 0 Å². The van der Waals surface area contributed by atoms with Crippen molar-refractivity contribution in [2.24, 2.45) is 11.8 Å². The van der Waals surface area contributed by atoms with Gasteiger partial charge in [-0.15, -0.1) is 0 Å². The van der Waals surface area contributed by atoms with Gasteiger partial charge in [0.2, 0.25) is 0 Å². The van der Waals surface area contributed by atoms with Crippen molar-refractivity contribution in [2.45, 2.75) is 39.2 Å². The Morgan fingerprint density at radius 1 is 1.55 bits per heavy atom. The van der Waals surface area contributed by atoms with E-state index in [1.807, 2.05) is 6.92 Å². The first-order chi connectivity index (χ1) is 5.11. The Bertz CT molecular complexity index is 148. The molecule has 1 rings (SSSR count). The van der Waals surface area contributed by atoms with Crippen LogP contribution in [-0.4, -0.2) is 17.0 Å². The van der Waals surface area contributed by atoms with Crippen molar-refractivity contribution in [3.8, 4) is 0 Å². The van der Waals surface area contributed by atoms with E-state index in [1.165, 1.54) is 0 Å². The molecule has 1 fully saturated rings. The molecule has 0 aromatic heterocycles. The van der Waals surface area contributed by atoms with Gasteiger partial charge in [-0.2, -0.15) is 0 Å². The quantitative estimate of drug-likeness (QED) is 0.667. The molecule has 2 atom stereocenters. The molecule has 2 heteroatoms. The lowest BCUT2D eigenvalue weighted by Crippen LogP contribution is -2.17. The third-order valence-electron chi connectivity index (χ3n) is 2.38. The van der Waals surface area contributed by atoms with Crippen LogP contribution >= 0.6 is 0 Å². The number of hydrogen-bond acceptors (Lipinski definition) is 2. The topological polar surface area (TPSA) is 37.3 Å². The van der Waals surface area contributed by atoms with Crippen LogP contribution in [0.15, 0.2) is 0 Å². The molecular weight excluding hydrogens is 140 g/mol. The van der Waals surface area contributed by atoms with E-state index in [0.29, 0.717) is 18.1 Å². The van der Waals surface area contributed by atoms with Crippen LogP contribution in [0.25, 0.3) is 0 Å². The lowest BCUT2D eigenvalue weighted by molar-refractivity contribution is -0.121. The van der Waals surface area contributed by atoms with Crippen LogP contribution in [0.4, 0.5) is 0 Å². The molecule has 0 aromatic rings. The standard InChI is InChI=1S/C9H16O2/c1-6(7(2)10)5-9(11)8-3-4-8/h6-8,10H,3-5H2,1-2H3. The highest BCUT2D eigenvalue weighted by Gasteiger charge is 2.30. The highest BCUT2D eigenvalue weighted by atomic mass is 16.3. The number of carbonyl (C=O) groups is 1. The minimum Gasteiger partial charge on any atom is -0.393 e. The summed E-state index contributed by atoms with van der Waals surface area (Å²) in [6.07, 6.45) is 2.36. The smallest absolute Gasteiger partial charge is 0.136 e. The number of aliphatic hydroxyl groups excluding tert-OH is 1. The molecule has 2 nitrogen and oxygen atoms in total. The number of Topliss-reactive ketones (excluding diaryl/α,β-unsaturated/α-hetero) is 1. The molecule has 1 aliphatic carbocycles. The predicted octanol–water partition coefficient (Wildman–Crippen LogP) is 1.37. The fourth-order valence-electron chi connectivity index (χ4n) is 1.06. The van der Waals surface area contributed by atoms with E-state index in [1.54, 1.807) is 6.92 Å². The van der Waals surface area contributed by atoms with Crippen LogP contribution in [-0.2, 0) is 4.79 Å². The number of rotatable bonds is 4. The normalized spacial score (nSPS) is 22.8. The second kappa shape index (κ2) is 3.35. The summed E-state index contributed by atoms with van der Waals surface area (Å²) >= 11 is 0. The Kier molecular flexibility index (Phi) is 2.66. The first kappa shape index (κ1) is 8.72. The third-order valence-corrected chi connectivity index (χ3v) is 2.38. The third kappa shape index (κ3) is 2.62. The number of hydrogen-bond donors (Lipinski definition) is 1. The molecule has 1 saturated carbocycles. The van der Waals surface area contributed by atoms with Crippen molar-refractivity contribution in [1.82, 2.24) is 0 Å². The second-order valence-electron chi connectivity index (χ2n) is 3.66. The average molecular weight is 156 g/mol. The Hall–Kier alpha value is -0.370. The fourth-order valence-corrected chi connectivity index (χ4v) is 1.06. The Morgan fingerprint density at radius 2 is 2.09 bits per heavy atom. The maximum Gasteiger partial charge on any atom is 0.136 e. The molecule has 1 N–H and O–H groups in total. The summed E-state index contributed by atoms with van der Waals surface area (Å²) in [5, 5.41) is 9.12. The molecule has 64 valence electrons. The molecule has 2 unspecified atom stereocenters. The molecule has 0 spiro atoms. The van der Waals surface area contributed by atoms with E-state index in [4.69, 9.17) is 5.11 Å². The van der Waals surface area contributed by atoms with Gasteiger partial charge in [0.1, 0.15) is 5.78 Å². The SMILES string of the molecule is CC(O)C(C)CC(=O)C1CC1. The van der Waals surface area contributed by atoms with Crippen molar-refractivity contribution in [3.63, 3.8) is 0 Å². The summed E-state index contributed by atoms with van der Waals surface area (Å²) in [5.41, 5.74) is 0. The van der Waals surface area contributed by atoms with Gasteiger partial charge in [0.25, 0.3) is 0 Å². The van der Waals surface area contributed by atoms with E-state index in [-0.39, 0.29) is 12.0 Å². The number of aliphatic hydroxyl groups is 1. The summed E-state index contributed by atoms with van der Waals surface area (Å²) in [4.78, 5) is 11.2. The van der Waals surface area contributed by atoms with Gasteiger partial charge in [-0.05, 0) is 25.7 Å². The lowest BCUT2D eigenvalue weighted by Gasteiger charge is -2.12. The molecule has 0 aliphatic heterocycles. The first-order valence-electron chi connectivity index (χ1n) is 4.32. The zero-order valence-electron chi connectivity index (χ0n) is 7.21. The summed E-state index contributed by atoms with van der Waals surface area (Å²) in [5.74, 6) is 0.817. The van der Waals surface area contributed by atoms with Gasteiger partial charge in [-0.3, -0.25) is 4.79 Å². The van der Waals surface area contributed by atoms with Gasteiger partial charge in [0.15, 0.2) is 0 Å². The minimum absolute atomic E-state index is 0.128. The largest absolute Gasteiger partial charge is 0.393 e. The Balaban J connectivity index is 2.23. The monoisotopic (exact) mass is 156 g/mol. The maximum atomic E-state index is 11.2. The molecule has 0 saturated heterocycles. The van der Waals surface area contributed by atoms with Gasteiger partial charge < -0.3 is 5.11 Å². The summed E-state index contributed by atoms with van der Waals surface area (Å²) in [7, 11) is 0. The van der Waals surface area contributed by atoms with Crippen molar-refractivity contribution >= 4 is 5.78 Å². The molecule has 0 aromatic carbocycles. The van der Waals surface area contributed by atoms with Crippen molar-refractivity contribution in [1.29, 1.82) is 0 Å². The van der Waals surface area contributed by atoms with Gasteiger partial charge >= 0.3 is 0 Å². The van der Waals surface area contributed by atoms with Crippen LogP contribution in [0.5, 0.6) is 0 Å². The van der Waals surface area contributed by atoms with E-state index in [9.17, 15) is 4.79 Å². The molecule has 0 amide bonds. The fraction of sp³-hybridized carbons (Fsp3) is 0.889. The summed E-state index contributed by atoms with van der Waals surface area (Å²) in [6.45, 7) is 3.66. The summed E-state index contributed by atoms with van der Waals surface area (Å²) < 4.78 is 0. The van der Waals surface area contributed by atoms with Crippen molar-refractivity contribution in [2.75, 3.05) is 0 Å². The zero-order valence-corrected chi connectivity index (χ0v) is 7.21. The van der Waals surface area contributed by atoms with Crippen LogP contribution in [0.3, 0.4) is 0 Å². The first-order valence-corrected chi connectivity index (χ1v) is 4.32. The highest BCUT2D eigenvalue weighted by molar-refractivity contribution is 5.83. The van der Waals surface area contributed by atoms with Crippen molar-refractivity contribution < 1.29 is 9.90 Å². The number of ketones is 1. The lowest BCUT2D eigenvalue weighted by atomic mass is 9.98. The predicted molar refractivity (Wildman–Crippen MR) is 43.2 cm³/mol. The van der Waals surface area contributed by atoms with Crippen LogP contribution in [0.1, 0.15) is 33.1 Å². The Labute approximate surface area is 67.6 Å². The molecule has 1 aliphatic rings. The van der Waals surface area contributed by atoms with E-state index in [2.05, 4.69) is 0 Å².